The molecule has 1 aliphatic heterocycles. The van der Waals surface area contributed by atoms with Crippen LogP contribution in [0.5, 0.6) is 17.2 Å². The first-order valence-electron chi connectivity index (χ1n) is 11.0. The fourth-order valence-electron chi connectivity index (χ4n) is 3.40. The second kappa shape index (κ2) is 11.3. The maximum Gasteiger partial charge on any atom is 0.339 e. The van der Waals surface area contributed by atoms with Crippen molar-refractivity contribution in [3.8, 4) is 17.2 Å². The number of hydrogen-bond acceptors (Lipinski definition) is 8. The number of benzene rings is 3. The van der Waals surface area contributed by atoms with Crippen LogP contribution in [-0.4, -0.2) is 44.7 Å². The molecule has 0 saturated carbocycles. The Morgan fingerprint density at radius 1 is 0.973 bits per heavy atom. The first-order valence-corrected chi connectivity index (χ1v) is 13.6. The molecule has 8 nitrogen and oxygen atoms in total. The standard InChI is InChI=1S/C26H22ClNO7S2/c1-17-10-12-19(13-11-17)37(31,32)35-24-18(6-5-9-22(24)33-2)16-23-25(29)28(26(30)36-23)14-15-34-21-8-4-3-7-20(21)27/h3-13,16H,14-15H2,1-2H3/b23-16-. The molecule has 0 radical (unpaired) electrons. The summed E-state index contributed by atoms with van der Waals surface area (Å²) in [4.78, 5) is 26.6. The first-order chi connectivity index (χ1) is 17.7. The average molecular weight is 560 g/mol. The molecule has 3 aromatic rings. The van der Waals surface area contributed by atoms with E-state index in [0.717, 1.165) is 22.2 Å². The highest BCUT2D eigenvalue weighted by Gasteiger charge is 2.35. The van der Waals surface area contributed by atoms with Gasteiger partial charge in [0.2, 0.25) is 0 Å². The van der Waals surface area contributed by atoms with Crippen LogP contribution in [0.3, 0.4) is 0 Å². The number of carbonyl (C=O) groups excluding carboxylic acids is 2. The van der Waals surface area contributed by atoms with Crippen LogP contribution in [0.4, 0.5) is 4.79 Å². The zero-order valence-corrected chi connectivity index (χ0v) is 22.2. The number of methoxy groups -OCH3 is 1. The second-order valence-electron chi connectivity index (χ2n) is 7.84. The maximum absolute atomic E-state index is 13.0. The Bertz CT molecular complexity index is 1470. The smallest absolute Gasteiger partial charge is 0.339 e. The van der Waals surface area contributed by atoms with Crippen LogP contribution in [0.2, 0.25) is 5.02 Å². The van der Waals surface area contributed by atoms with E-state index in [-0.39, 0.29) is 40.0 Å². The minimum atomic E-state index is -4.20. The van der Waals surface area contributed by atoms with Gasteiger partial charge in [0.05, 0.1) is 23.6 Å². The Labute approximate surface area is 223 Å². The monoisotopic (exact) mass is 559 g/mol. The summed E-state index contributed by atoms with van der Waals surface area (Å²) in [7, 11) is -2.83. The number of ether oxygens (including phenoxy) is 2. The van der Waals surface area contributed by atoms with Gasteiger partial charge >= 0.3 is 10.1 Å². The molecule has 0 aromatic heterocycles. The van der Waals surface area contributed by atoms with Crippen LogP contribution in [0.25, 0.3) is 6.08 Å². The molecule has 0 unspecified atom stereocenters. The van der Waals surface area contributed by atoms with E-state index in [1.54, 1.807) is 48.5 Å². The van der Waals surface area contributed by atoms with Crippen LogP contribution in [0.1, 0.15) is 11.1 Å². The Balaban J connectivity index is 1.56. The fraction of sp³-hybridized carbons (Fsp3) is 0.154. The highest BCUT2D eigenvalue weighted by molar-refractivity contribution is 8.18. The molecule has 2 amide bonds. The van der Waals surface area contributed by atoms with E-state index in [1.165, 1.54) is 31.4 Å². The molecule has 1 aliphatic rings. The van der Waals surface area contributed by atoms with E-state index in [1.807, 2.05) is 6.92 Å². The van der Waals surface area contributed by atoms with E-state index in [4.69, 9.17) is 25.3 Å². The Hall–Kier alpha value is -3.47. The van der Waals surface area contributed by atoms with E-state index in [2.05, 4.69) is 0 Å². The summed E-state index contributed by atoms with van der Waals surface area (Å²) in [5.41, 5.74) is 1.15. The highest BCUT2D eigenvalue weighted by Crippen LogP contribution is 2.38. The minimum Gasteiger partial charge on any atom is -0.493 e. The summed E-state index contributed by atoms with van der Waals surface area (Å²) in [5.74, 6) is -0.0382. The summed E-state index contributed by atoms with van der Waals surface area (Å²) in [6, 6.07) is 17.8. The van der Waals surface area contributed by atoms with Gasteiger partial charge in [-0.05, 0) is 55.1 Å². The van der Waals surface area contributed by atoms with Crippen molar-refractivity contribution in [3.63, 3.8) is 0 Å². The number of imide groups is 1. The van der Waals surface area contributed by atoms with Crippen LogP contribution in [-0.2, 0) is 14.9 Å². The molecule has 0 spiro atoms. The van der Waals surface area contributed by atoms with Crippen LogP contribution < -0.4 is 13.7 Å². The van der Waals surface area contributed by atoms with E-state index in [0.29, 0.717) is 10.8 Å². The Morgan fingerprint density at radius 3 is 2.38 bits per heavy atom. The number of carbonyl (C=O) groups is 2. The van der Waals surface area contributed by atoms with Crippen molar-refractivity contribution >= 4 is 50.7 Å². The molecule has 1 fully saturated rings. The SMILES string of the molecule is COc1cccc(/C=C2\SC(=O)N(CCOc3ccccc3Cl)C2=O)c1OS(=O)(=O)c1ccc(C)cc1. The number of rotatable bonds is 9. The van der Waals surface area contributed by atoms with Crippen molar-refractivity contribution in [2.45, 2.75) is 11.8 Å². The van der Waals surface area contributed by atoms with Crippen LogP contribution >= 0.6 is 23.4 Å². The summed E-state index contributed by atoms with van der Waals surface area (Å²) in [5, 5.41) is -0.0562. The quantitative estimate of drug-likeness (QED) is 0.249. The van der Waals surface area contributed by atoms with E-state index >= 15 is 0 Å². The average Bonchev–Trinajstić information content (AvgIpc) is 3.13. The summed E-state index contributed by atoms with van der Waals surface area (Å²) >= 11 is 6.81. The predicted octanol–water partition coefficient (Wildman–Crippen LogP) is 5.54. The third-order valence-electron chi connectivity index (χ3n) is 5.30. The normalized spacial score (nSPS) is 14.8. The number of nitrogens with zero attached hydrogens (tertiary/aromatic N) is 1. The molecular weight excluding hydrogens is 538 g/mol. The van der Waals surface area contributed by atoms with Gasteiger partial charge in [0.25, 0.3) is 11.1 Å². The topological polar surface area (TPSA) is 99.2 Å². The van der Waals surface area contributed by atoms with E-state index in [9.17, 15) is 18.0 Å². The van der Waals surface area contributed by atoms with E-state index < -0.39 is 21.3 Å². The molecule has 11 heteroatoms. The number of aryl methyl sites for hydroxylation is 1. The number of amides is 2. The zero-order chi connectivity index (χ0) is 26.6. The molecule has 37 heavy (non-hydrogen) atoms. The van der Waals surface area contributed by atoms with Crippen molar-refractivity contribution in [1.29, 1.82) is 0 Å². The molecule has 0 N–H and O–H groups in total. The number of hydrogen-bond donors (Lipinski definition) is 0. The molecule has 3 aromatic carbocycles. The lowest BCUT2D eigenvalue weighted by molar-refractivity contribution is -0.123. The van der Waals surface area contributed by atoms with Gasteiger partial charge < -0.3 is 13.7 Å². The number of thioether (sulfide) groups is 1. The summed E-state index contributed by atoms with van der Waals surface area (Å²) < 4.78 is 42.2. The lowest BCUT2D eigenvalue weighted by Gasteiger charge is -2.14. The molecule has 1 heterocycles. The number of halogens is 1. The van der Waals surface area contributed by atoms with Crippen LogP contribution in [0.15, 0.2) is 76.5 Å². The van der Waals surface area contributed by atoms with Gasteiger partial charge in [-0.1, -0.05) is 53.6 Å². The minimum absolute atomic E-state index is 0.0104. The van der Waals surface area contributed by atoms with Gasteiger partial charge in [0.15, 0.2) is 11.5 Å². The van der Waals surface area contributed by atoms with Gasteiger partial charge in [-0.2, -0.15) is 8.42 Å². The zero-order valence-electron chi connectivity index (χ0n) is 19.8. The largest absolute Gasteiger partial charge is 0.493 e. The van der Waals surface area contributed by atoms with Crippen molar-refractivity contribution in [2.24, 2.45) is 0 Å². The van der Waals surface area contributed by atoms with Gasteiger partial charge in [-0.25, -0.2) is 0 Å². The van der Waals surface area contributed by atoms with Crippen molar-refractivity contribution in [1.82, 2.24) is 4.90 Å². The van der Waals surface area contributed by atoms with Gasteiger partial charge in [0.1, 0.15) is 17.3 Å². The third kappa shape index (κ3) is 6.10. The summed E-state index contributed by atoms with van der Waals surface area (Å²) in [6.45, 7) is 1.90. The lowest BCUT2D eigenvalue weighted by Crippen LogP contribution is -2.32. The van der Waals surface area contributed by atoms with Crippen molar-refractivity contribution < 1.29 is 31.7 Å². The molecule has 0 aliphatic carbocycles. The molecule has 1 saturated heterocycles. The summed E-state index contributed by atoms with van der Waals surface area (Å²) in [6.07, 6.45) is 1.41. The Kier molecular flexibility index (Phi) is 8.11. The van der Waals surface area contributed by atoms with Gasteiger partial charge in [0, 0.05) is 5.56 Å². The van der Waals surface area contributed by atoms with Gasteiger partial charge in [-0.3, -0.25) is 14.5 Å². The molecular formula is C26H22ClNO7S2. The maximum atomic E-state index is 13.0. The van der Waals surface area contributed by atoms with Crippen LogP contribution in [0, 0.1) is 6.92 Å². The molecule has 0 atom stereocenters. The highest BCUT2D eigenvalue weighted by atomic mass is 35.5. The molecule has 0 bridgehead atoms. The second-order valence-corrected chi connectivity index (χ2v) is 10.8. The van der Waals surface area contributed by atoms with Gasteiger partial charge in [-0.15, -0.1) is 0 Å². The molecule has 192 valence electrons. The Morgan fingerprint density at radius 2 is 1.68 bits per heavy atom. The number of para-hydroxylation sites is 2. The third-order valence-corrected chi connectivity index (χ3v) is 7.76. The van der Waals surface area contributed by atoms with Crippen molar-refractivity contribution in [3.05, 3.63) is 87.8 Å². The first kappa shape index (κ1) is 26.6. The molecule has 4 rings (SSSR count). The predicted molar refractivity (Wildman–Crippen MR) is 142 cm³/mol. The van der Waals surface area contributed by atoms with Crippen molar-refractivity contribution in [2.75, 3.05) is 20.3 Å². The fourth-order valence-corrected chi connectivity index (χ4v) is 5.41. The lowest BCUT2D eigenvalue weighted by atomic mass is 10.1.